The molecule has 0 saturated heterocycles. The van der Waals surface area contributed by atoms with Crippen molar-refractivity contribution in [2.75, 3.05) is 0 Å². The standard InChI is InChI=1S/C10H20O2.C10H14O/c1-7-10(5,6)8(11)12-9(2,3)4;1-3-8(2)9-5-4-6-10(11)7-9/h7H2,1-6H3;4-8,11H,3H2,1-2H3. The zero-order chi connectivity index (χ0) is 18.3. The quantitative estimate of drug-likeness (QED) is 0.726. The molecule has 132 valence electrons. The van der Waals surface area contributed by atoms with E-state index in [-0.39, 0.29) is 17.0 Å². The topological polar surface area (TPSA) is 46.5 Å². The molecule has 1 aromatic rings. The number of benzene rings is 1. The molecule has 0 aliphatic rings. The third-order valence-electron chi connectivity index (χ3n) is 3.89. The fourth-order valence-electron chi connectivity index (χ4n) is 1.63. The minimum absolute atomic E-state index is 0.113. The fraction of sp³-hybridized carbons (Fsp3) is 0.650. The third kappa shape index (κ3) is 8.63. The van der Waals surface area contributed by atoms with E-state index >= 15 is 0 Å². The van der Waals surface area contributed by atoms with Crippen molar-refractivity contribution in [1.82, 2.24) is 0 Å². The van der Waals surface area contributed by atoms with E-state index in [1.165, 1.54) is 5.56 Å². The summed E-state index contributed by atoms with van der Waals surface area (Å²) in [4.78, 5) is 11.5. The van der Waals surface area contributed by atoms with Crippen LogP contribution in [0.2, 0.25) is 0 Å². The molecule has 1 unspecified atom stereocenters. The Bertz CT molecular complexity index is 484. The number of hydrogen-bond donors (Lipinski definition) is 1. The molecule has 0 aliphatic carbocycles. The van der Waals surface area contributed by atoms with Crippen LogP contribution in [0.25, 0.3) is 0 Å². The van der Waals surface area contributed by atoms with Gasteiger partial charge in [0, 0.05) is 0 Å². The predicted molar refractivity (Wildman–Crippen MR) is 96.7 cm³/mol. The molecule has 23 heavy (non-hydrogen) atoms. The van der Waals surface area contributed by atoms with Gasteiger partial charge in [-0.1, -0.05) is 32.9 Å². The van der Waals surface area contributed by atoms with Gasteiger partial charge in [0.15, 0.2) is 0 Å². The second-order valence-electron chi connectivity index (χ2n) is 7.64. The van der Waals surface area contributed by atoms with Crippen molar-refractivity contribution in [3.8, 4) is 5.75 Å². The smallest absolute Gasteiger partial charge is 0.312 e. The number of rotatable bonds is 4. The SMILES string of the molecule is CCC(C)(C)C(=O)OC(C)(C)C.CCC(C)c1cccc(O)c1. The van der Waals surface area contributed by atoms with Crippen LogP contribution in [0.5, 0.6) is 5.75 Å². The van der Waals surface area contributed by atoms with Crippen LogP contribution in [-0.4, -0.2) is 16.7 Å². The second kappa shape index (κ2) is 8.95. The number of phenolic OH excluding ortho intramolecular Hbond substituents is 1. The van der Waals surface area contributed by atoms with Crippen molar-refractivity contribution in [2.24, 2.45) is 5.41 Å². The van der Waals surface area contributed by atoms with E-state index in [1.54, 1.807) is 6.07 Å². The summed E-state index contributed by atoms with van der Waals surface area (Å²) in [5.41, 5.74) is 0.490. The lowest BCUT2D eigenvalue weighted by Gasteiger charge is -2.27. The first-order valence-electron chi connectivity index (χ1n) is 8.45. The summed E-state index contributed by atoms with van der Waals surface area (Å²) >= 11 is 0. The van der Waals surface area contributed by atoms with Gasteiger partial charge in [0.1, 0.15) is 11.4 Å². The highest BCUT2D eigenvalue weighted by Crippen LogP contribution is 2.24. The first kappa shape index (κ1) is 21.5. The zero-order valence-corrected chi connectivity index (χ0v) is 16.1. The fourth-order valence-corrected chi connectivity index (χ4v) is 1.63. The summed E-state index contributed by atoms with van der Waals surface area (Å²) in [6.07, 6.45) is 1.92. The van der Waals surface area contributed by atoms with Crippen LogP contribution in [0, 0.1) is 5.41 Å². The summed E-state index contributed by atoms with van der Waals surface area (Å²) in [7, 11) is 0. The van der Waals surface area contributed by atoms with Crippen LogP contribution >= 0.6 is 0 Å². The van der Waals surface area contributed by atoms with E-state index in [9.17, 15) is 4.79 Å². The Balaban J connectivity index is 0.000000422. The Labute approximate surface area is 142 Å². The molecule has 0 aliphatic heterocycles. The molecule has 1 N–H and O–H groups in total. The molecule has 0 bridgehead atoms. The zero-order valence-electron chi connectivity index (χ0n) is 16.1. The summed E-state index contributed by atoms with van der Waals surface area (Å²) in [6.45, 7) is 15.8. The second-order valence-corrected chi connectivity index (χ2v) is 7.64. The van der Waals surface area contributed by atoms with Crippen molar-refractivity contribution in [2.45, 2.75) is 79.8 Å². The number of carbonyl (C=O) groups excluding carboxylic acids is 1. The van der Waals surface area contributed by atoms with Gasteiger partial charge in [-0.25, -0.2) is 0 Å². The number of phenols is 1. The molecular weight excluding hydrogens is 288 g/mol. The van der Waals surface area contributed by atoms with Gasteiger partial charge in [-0.05, 0) is 71.1 Å². The van der Waals surface area contributed by atoms with Gasteiger partial charge >= 0.3 is 5.97 Å². The van der Waals surface area contributed by atoms with Gasteiger partial charge in [0.2, 0.25) is 0 Å². The van der Waals surface area contributed by atoms with Crippen molar-refractivity contribution in [3.05, 3.63) is 29.8 Å². The molecule has 0 heterocycles. The lowest BCUT2D eigenvalue weighted by molar-refractivity contribution is -0.165. The van der Waals surface area contributed by atoms with E-state index in [4.69, 9.17) is 9.84 Å². The van der Waals surface area contributed by atoms with Crippen LogP contribution < -0.4 is 0 Å². The number of ether oxygens (including phenoxy) is 1. The number of aromatic hydroxyl groups is 1. The molecule has 1 atom stereocenters. The van der Waals surface area contributed by atoms with Gasteiger partial charge in [0.25, 0.3) is 0 Å². The van der Waals surface area contributed by atoms with E-state index in [2.05, 4.69) is 13.8 Å². The molecule has 0 radical (unpaired) electrons. The maximum absolute atomic E-state index is 11.5. The molecule has 0 fully saturated rings. The molecule has 0 aromatic heterocycles. The highest BCUT2D eigenvalue weighted by atomic mass is 16.6. The lowest BCUT2D eigenvalue weighted by Crippen LogP contribution is -2.33. The van der Waals surface area contributed by atoms with Crippen molar-refractivity contribution < 1.29 is 14.6 Å². The normalized spacial score (nSPS) is 12.9. The molecule has 1 aromatic carbocycles. The highest BCUT2D eigenvalue weighted by Gasteiger charge is 2.30. The summed E-state index contributed by atoms with van der Waals surface area (Å²) in [5.74, 6) is 0.794. The Hall–Kier alpha value is -1.51. The number of hydrogen-bond acceptors (Lipinski definition) is 3. The van der Waals surface area contributed by atoms with Gasteiger partial charge in [0.05, 0.1) is 5.41 Å². The van der Waals surface area contributed by atoms with Crippen LogP contribution in [0.3, 0.4) is 0 Å². The van der Waals surface area contributed by atoms with Gasteiger partial charge < -0.3 is 9.84 Å². The van der Waals surface area contributed by atoms with Crippen LogP contribution in [0.4, 0.5) is 0 Å². The first-order valence-corrected chi connectivity index (χ1v) is 8.45. The summed E-state index contributed by atoms with van der Waals surface area (Å²) < 4.78 is 5.25. The third-order valence-corrected chi connectivity index (χ3v) is 3.89. The average molecular weight is 322 g/mol. The van der Waals surface area contributed by atoms with Crippen LogP contribution in [0.15, 0.2) is 24.3 Å². The van der Waals surface area contributed by atoms with E-state index in [1.807, 2.05) is 59.7 Å². The van der Waals surface area contributed by atoms with Crippen LogP contribution in [0.1, 0.15) is 79.7 Å². The van der Waals surface area contributed by atoms with Gasteiger partial charge in [-0.15, -0.1) is 0 Å². The monoisotopic (exact) mass is 322 g/mol. The summed E-state index contributed by atoms with van der Waals surface area (Å²) in [5, 5.41) is 9.16. The van der Waals surface area contributed by atoms with Crippen LogP contribution in [-0.2, 0) is 9.53 Å². The highest BCUT2D eigenvalue weighted by molar-refractivity contribution is 5.76. The molecular formula is C20H34O3. The molecule has 0 amide bonds. The molecule has 3 heteroatoms. The largest absolute Gasteiger partial charge is 0.508 e. The first-order chi connectivity index (χ1) is 10.4. The maximum atomic E-state index is 11.5. The Kier molecular flexibility index (Phi) is 8.36. The number of carbonyl (C=O) groups is 1. The van der Waals surface area contributed by atoms with Crippen molar-refractivity contribution in [1.29, 1.82) is 0 Å². The minimum atomic E-state index is -0.372. The van der Waals surface area contributed by atoms with Crippen molar-refractivity contribution in [3.63, 3.8) is 0 Å². The minimum Gasteiger partial charge on any atom is -0.508 e. The predicted octanol–water partition coefficient (Wildman–Crippen LogP) is 5.67. The Morgan fingerprint density at radius 2 is 1.74 bits per heavy atom. The summed E-state index contributed by atoms with van der Waals surface area (Å²) in [6, 6.07) is 7.46. The van der Waals surface area contributed by atoms with E-state index in [0.717, 1.165) is 12.8 Å². The molecule has 3 nitrogen and oxygen atoms in total. The molecule has 0 spiro atoms. The van der Waals surface area contributed by atoms with Crippen molar-refractivity contribution >= 4 is 5.97 Å². The van der Waals surface area contributed by atoms with Gasteiger partial charge in [-0.2, -0.15) is 0 Å². The average Bonchev–Trinajstić information content (AvgIpc) is 2.45. The number of esters is 1. The molecule has 1 rings (SSSR count). The lowest BCUT2D eigenvalue weighted by atomic mass is 9.90. The van der Waals surface area contributed by atoms with Gasteiger partial charge in [-0.3, -0.25) is 4.79 Å². The molecule has 0 saturated carbocycles. The Morgan fingerprint density at radius 3 is 2.13 bits per heavy atom. The van der Waals surface area contributed by atoms with E-state index < -0.39 is 0 Å². The Morgan fingerprint density at radius 1 is 1.17 bits per heavy atom. The van der Waals surface area contributed by atoms with E-state index in [0.29, 0.717) is 11.7 Å². The maximum Gasteiger partial charge on any atom is 0.312 e.